The second kappa shape index (κ2) is 3.94. The van der Waals surface area contributed by atoms with Gasteiger partial charge in [-0.15, -0.1) is 5.06 Å². The Balaban J connectivity index is 2.34. The molecule has 0 atom stereocenters. The Morgan fingerprint density at radius 2 is 2.25 bits per heavy atom. The van der Waals surface area contributed by atoms with Crippen LogP contribution in [-0.4, -0.2) is 30.4 Å². The van der Waals surface area contributed by atoms with E-state index in [1.54, 1.807) is 19.2 Å². The first kappa shape index (κ1) is 10.6. The van der Waals surface area contributed by atoms with Crippen LogP contribution in [0.4, 0.5) is 0 Å². The topological polar surface area (TPSA) is 55.8 Å². The Bertz CT molecular complexity index is 455. The fraction of sp³-hybridized carbons (Fsp3) is 0.273. The molecule has 0 unspecified atom stereocenters. The van der Waals surface area contributed by atoms with E-state index in [4.69, 9.17) is 9.57 Å². The van der Waals surface area contributed by atoms with Crippen LogP contribution < -0.4 is 9.57 Å². The van der Waals surface area contributed by atoms with Crippen LogP contribution in [-0.2, 0) is 4.79 Å². The van der Waals surface area contributed by atoms with Crippen LogP contribution >= 0.6 is 0 Å². The van der Waals surface area contributed by atoms with Crippen molar-refractivity contribution >= 4 is 11.8 Å². The van der Waals surface area contributed by atoms with Gasteiger partial charge in [0.15, 0.2) is 11.5 Å². The highest BCUT2D eigenvalue weighted by molar-refractivity contribution is 6.01. The summed E-state index contributed by atoms with van der Waals surface area (Å²) in [5.41, 5.74) is 0.442. The SMILES string of the molecule is CC(=O)Oc1ccc2c(c1)C(=O)CN(C)O2. The number of carbonyl (C=O) groups excluding carboxylic acids is 2. The van der Waals surface area contributed by atoms with Crippen LogP contribution in [0.5, 0.6) is 11.5 Å². The lowest BCUT2D eigenvalue weighted by molar-refractivity contribution is -0.131. The Labute approximate surface area is 92.5 Å². The van der Waals surface area contributed by atoms with Gasteiger partial charge >= 0.3 is 5.97 Å². The first-order valence-corrected chi connectivity index (χ1v) is 4.81. The molecule has 1 aliphatic rings. The van der Waals surface area contributed by atoms with Crippen molar-refractivity contribution in [2.24, 2.45) is 0 Å². The number of rotatable bonds is 1. The molecule has 84 valence electrons. The van der Waals surface area contributed by atoms with Gasteiger partial charge in [0.05, 0.1) is 12.1 Å². The molecule has 0 saturated heterocycles. The summed E-state index contributed by atoms with van der Waals surface area (Å²) in [4.78, 5) is 27.8. The van der Waals surface area contributed by atoms with E-state index in [-0.39, 0.29) is 12.3 Å². The number of hydrogen-bond acceptors (Lipinski definition) is 5. The molecular formula is C11H11NO4. The Hall–Kier alpha value is -1.88. The number of carbonyl (C=O) groups is 2. The average molecular weight is 221 g/mol. The van der Waals surface area contributed by atoms with Gasteiger partial charge in [0.1, 0.15) is 5.75 Å². The van der Waals surface area contributed by atoms with Crippen molar-refractivity contribution in [3.05, 3.63) is 23.8 Å². The summed E-state index contributed by atoms with van der Waals surface area (Å²) in [6.45, 7) is 1.50. The molecule has 0 aromatic heterocycles. The number of likely N-dealkylation sites (N-methyl/N-ethyl adjacent to an activating group) is 1. The minimum absolute atomic E-state index is 0.0576. The Kier molecular flexibility index (Phi) is 2.62. The van der Waals surface area contributed by atoms with Gasteiger partial charge in [0, 0.05) is 14.0 Å². The van der Waals surface area contributed by atoms with Crippen molar-refractivity contribution in [2.75, 3.05) is 13.6 Å². The maximum absolute atomic E-state index is 11.7. The summed E-state index contributed by atoms with van der Waals surface area (Å²) >= 11 is 0. The summed E-state index contributed by atoms with van der Waals surface area (Å²) in [5.74, 6) is 0.362. The standard InChI is InChI=1S/C11H11NO4/c1-7(13)15-8-3-4-11-9(5-8)10(14)6-12(2)16-11/h3-5H,6H2,1-2H3. The van der Waals surface area contributed by atoms with Crippen molar-refractivity contribution in [2.45, 2.75) is 6.92 Å². The molecular weight excluding hydrogens is 210 g/mol. The highest BCUT2D eigenvalue weighted by Crippen LogP contribution is 2.28. The molecule has 0 spiro atoms. The predicted molar refractivity (Wildman–Crippen MR) is 55.3 cm³/mol. The zero-order valence-electron chi connectivity index (χ0n) is 9.02. The molecule has 16 heavy (non-hydrogen) atoms. The number of ether oxygens (including phenoxy) is 1. The van der Waals surface area contributed by atoms with Gasteiger partial charge in [-0.3, -0.25) is 9.59 Å². The van der Waals surface area contributed by atoms with E-state index in [1.165, 1.54) is 18.1 Å². The number of hydrogen-bond donors (Lipinski definition) is 0. The lowest BCUT2D eigenvalue weighted by Crippen LogP contribution is -2.34. The third-order valence-electron chi connectivity index (χ3n) is 2.13. The van der Waals surface area contributed by atoms with Gasteiger partial charge in [-0.1, -0.05) is 0 Å². The molecule has 0 radical (unpaired) electrons. The molecule has 0 N–H and O–H groups in total. The third-order valence-corrected chi connectivity index (χ3v) is 2.13. The number of nitrogens with zero attached hydrogens (tertiary/aromatic N) is 1. The highest BCUT2D eigenvalue weighted by Gasteiger charge is 2.23. The van der Waals surface area contributed by atoms with E-state index in [1.807, 2.05) is 0 Å². The first-order chi connectivity index (χ1) is 7.56. The van der Waals surface area contributed by atoms with Gasteiger partial charge in [-0.2, -0.15) is 0 Å². The maximum Gasteiger partial charge on any atom is 0.308 e. The molecule has 5 heteroatoms. The molecule has 1 aromatic carbocycles. The number of hydroxylamine groups is 2. The zero-order chi connectivity index (χ0) is 11.7. The molecule has 1 heterocycles. The summed E-state index contributed by atoms with van der Waals surface area (Å²) in [6.07, 6.45) is 0. The fourth-order valence-corrected chi connectivity index (χ4v) is 1.52. The molecule has 1 aliphatic heterocycles. The summed E-state index contributed by atoms with van der Waals surface area (Å²) in [7, 11) is 1.68. The number of ketones is 1. The van der Waals surface area contributed by atoms with Crippen LogP contribution in [0.3, 0.4) is 0 Å². The van der Waals surface area contributed by atoms with Crippen LogP contribution in [0.25, 0.3) is 0 Å². The Morgan fingerprint density at radius 1 is 1.50 bits per heavy atom. The van der Waals surface area contributed by atoms with Crippen molar-refractivity contribution in [3.8, 4) is 11.5 Å². The minimum atomic E-state index is -0.416. The third kappa shape index (κ3) is 2.04. The quantitative estimate of drug-likeness (QED) is 0.523. The van der Waals surface area contributed by atoms with E-state index in [2.05, 4.69) is 0 Å². The van der Waals surface area contributed by atoms with Gasteiger partial charge in [-0.25, -0.2) is 0 Å². The van der Waals surface area contributed by atoms with Gasteiger partial charge in [0.25, 0.3) is 0 Å². The normalized spacial score (nSPS) is 15.2. The Morgan fingerprint density at radius 3 is 2.94 bits per heavy atom. The second-order valence-electron chi connectivity index (χ2n) is 3.55. The number of fused-ring (bicyclic) bond motifs is 1. The van der Waals surface area contributed by atoms with Gasteiger partial charge in [-0.05, 0) is 18.2 Å². The lowest BCUT2D eigenvalue weighted by Gasteiger charge is -2.24. The first-order valence-electron chi connectivity index (χ1n) is 4.81. The largest absolute Gasteiger partial charge is 0.427 e. The molecule has 2 rings (SSSR count). The molecule has 0 aliphatic carbocycles. The lowest BCUT2D eigenvalue weighted by atomic mass is 10.1. The average Bonchev–Trinajstić information content (AvgIpc) is 2.18. The van der Waals surface area contributed by atoms with Crippen LogP contribution in [0.1, 0.15) is 17.3 Å². The van der Waals surface area contributed by atoms with E-state index in [0.29, 0.717) is 17.1 Å². The van der Waals surface area contributed by atoms with Gasteiger partial charge < -0.3 is 9.57 Å². The molecule has 0 amide bonds. The summed E-state index contributed by atoms with van der Waals surface area (Å²) in [5, 5.41) is 1.45. The number of benzene rings is 1. The fourth-order valence-electron chi connectivity index (χ4n) is 1.52. The molecule has 0 saturated carbocycles. The van der Waals surface area contributed by atoms with Crippen molar-refractivity contribution in [1.82, 2.24) is 5.06 Å². The molecule has 5 nitrogen and oxygen atoms in total. The summed E-state index contributed by atoms with van der Waals surface area (Å²) in [6, 6.07) is 4.72. The number of Topliss-reactive ketones (excluding diaryl/α,β-unsaturated/α-hetero) is 1. The van der Waals surface area contributed by atoms with Gasteiger partial charge in [0.2, 0.25) is 0 Å². The minimum Gasteiger partial charge on any atom is -0.427 e. The monoisotopic (exact) mass is 221 g/mol. The van der Waals surface area contributed by atoms with Crippen molar-refractivity contribution in [3.63, 3.8) is 0 Å². The number of esters is 1. The van der Waals surface area contributed by atoms with Crippen LogP contribution in [0.2, 0.25) is 0 Å². The van der Waals surface area contributed by atoms with E-state index in [9.17, 15) is 9.59 Å². The van der Waals surface area contributed by atoms with Crippen molar-refractivity contribution < 1.29 is 19.2 Å². The van der Waals surface area contributed by atoms with Crippen LogP contribution in [0.15, 0.2) is 18.2 Å². The highest BCUT2D eigenvalue weighted by atomic mass is 16.7. The van der Waals surface area contributed by atoms with Crippen molar-refractivity contribution in [1.29, 1.82) is 0 Å². The van der Waals surface area contributed by atoms with E-state index in [0.717, 1.165) is 0 Å². The summed E-state index contributed by atoms with van der Waals surface area (Å²) < 4.78 is 4.90. The maximum atomic E-state index is 11.7. The molecule has 1 aromatic rings. The second-order valence-corrected chi connectivity index (χ2v) is 3.55. The zero-order valence-corrected chi connectivity index (χ0v) is 9.02. The predicted octanol–water partition coefficient (Wildman–Crippen LogP) is 1.03. The van der Waals surface area contributed by atoms with Crippen LogP contribution in [0, 0.1) is 0 Å². The molecule has 0 bridgehead atoms. The molecule has 0 fully saturated rings. The van der Waals surface area contributed by atoms with E-state index >= 15 is 0 Å². The smallest absolute Gasteiger partial charge is 0.308 e. The van der Waals surface area contributed by atoms with E-state index < -0.39 is 5.97 Å².